The third-order valence-corrected chi connectivity index (χ3v) is 8.38. The summed E-state index contributed by atoms with van der Waals surface area (Å²) in [6.07, 6.45) is 7.07. The Morgan fingerprint density at radius 1 is 0.795 bits per heavy atom. The molecule has 0 unspecified atom stereocenters. The Balaban J connectivity index is 1.76. The normalized spacial score (nSPS) is 11.3. The number of nitrogens with zero attached hydrogens (tertiary/aromatic N) is 1. The van der Waals surface area contributed by atoms with Crippen molar-refractivity contribution >= 4 is 16.0 Å². The highest BCUT2D eigenvalue weighted by Gasteiger charge is 2.26. The highest BCUT2D eigenvalue weighted by Crippen LogP contribution is 2.26. The van der Waals surface area contributed by atoms with Gasteiger partial charge < -0.3 is 10.2 Å². The summed E-state index contributed by atoms with van der Waals surface area (Å²) < 4.78 is 28.4. The molecule has 0 saturated heterocycles. The molecule has 0 atom stereocenters. The minimum atomic E-state index is -3.96. The number of carbonyl (C=O) groups is 1. The van der Waals surface area contributed by atoms with E-state index in [-0.39, 0.29) is 17.0 Å². The van der Waals surface area contributed by atoms with Crippen LogP contribution < -0.4 is 0 Å². The molecule has 0 amide bonds. The fourth-order valence-corrected chi connectivity index (χ4v) is 5.67. The monoisotopic (exact) mass is 547 g/mol. The second-order valence-corrected chi connectivity index (χ2v) is 11.6. The van der Waals surface area contributed by atoms with Gasteiger partial charge in [-0.3, -0.25) is 0 Å². The van der Waals surface area contributed by atoms with Crippen LogP contribution in [0, 0.1) is 11.8 Å². The number of aromatic hydroxyl groups is 1. The topological polar surface area (TPSA) is 94.9 Å². The number of carboxylic acids is 1. The summed E-state index contributed by atoms with van der Waals surface area (Å²) in [5, 5.41) is 19.2. The molecule has 0 aromatic heterocycles. The van der Waals surface area contributed by atoms with Crippen molar-refractivity contribution in [3.8, 4) is 17.6 Å². The third-order valence-electron chi connectivity index (χ3n) is 6.54. The lowest BCUT2D eigenvalue weighted by Crippen LogP contribution is -2.31. The molecule has 0 bridgehead atoms. The molecule has 0 spiro atoms. The van der Waals surface area contributed by atoms with Crippen LogP contribution in [0.3, 0.4) is 0 Å². The van der Waals surface area contributed by atoms with E-state index in [1.54, 1.807) is 0 Å². The zero-order valence-corrected chi connectivity index (χ0v) is 23.5. The molecule has 7 heteroatoms. The average molecular weight is 548 g/mol. The molecule has 3 aromatic carbocycles. The molecule has 0 aliphatic rings. The maximum atomic E-state index is 13.5. The number of rotatable bonds is 13. The van der Waals surface area contributed by atoms with Crippen LogP contribution in [-0.2, 0) is 23.0 Å². The van der Waals surface area contributed by atoms with E-state index in [0.29, 0.717) is 13.0 Å². The average Bonchev–Trinajstić information content (AvgIpc) is 2.93. The molecular formula is C32H37NO5S. The van der Waals surface area contributed by atoms with E-state index in [1.165, 1.54) is 28.8 Å². The van der Waals surface area contributed by atoms with Gasteiger partial charge in [0, 0.05) is 30.3 Å². The summed E-state index contributed by atoms with van der Waals surface area (Å²) in [5.41, 5.74) is 3.56. The molecule has 0 fully saturated rings. The van der Waals surface area contributed by atoms with Crippen LogP contribution in [0.4, 0.5) is 0 Å². The minimum Gasteiger partial charge on any atom is -0.507 e. The van der Waals surface area contributed by atoms with Crippen LogP contribution in [-0.4, -0.2) is 35.5 Å². The molecule has 2 N–H and O–H groups in total. The summed E-state index contributed by atoms with van der Waals surface area (Å²) in [7, 11) is -3.96. The predicted molar refractivity (Wildman–Crippen MR) is 154 cm³/mol. The van der Waals surface area contributed by atoms with Gasteiger partial charge in [0.25, 0.3) is 0 Å². The Morgan fingerprint density at radius 2 is 1.38 bits per heavy atom. The molecule has 0 saturated carbocycles. The third kappa shape index (κ3) is 8.71. The lowest BCUT2D eigenvalue weighted by atomic mass is 10.1. The van der Waals surface area contributed by atoms with Crippen LogP contribution in [0.5, 0.6) is 5.75 Å². The van der Waals surface area contributed by atoms with Crippen LogP contribution in [0.2, 0.25) is 0 Å². The van der Waals surface area contributed by atoms with E-state index in [9.17, 15) is 18.3 Å². The van der Waals surface area contributed by atoms with E-state index in [0.717, 1.165) is 54.5 Å². The highest BCUT2D eigenvalue weighted by molar-refractivity contribution is 7.89. The number of phenols is 1. The first kappa shape index (κ1) is 29.9. The summed E-state index contributed by atoms with van der Waals surface area (Å²) >= 11 is 0. The quantitative estimate of drug-likeness (QED) is 0.186. The van der Waals surface area contributed by atoms with Crippen molar-refractivity contribution in [3.63, 3.8) is 0 Å². The Labute approximate surface area is 232 Å². The number of aryl methyl sites for hydroxylation is 1. The Morgan fingerprint density at radius 3 is 1.92 bits per heavy atom. The lowest BCUT2D eigenvalue weighted by molar-refractivity contribution is 0.0693. The van der Waals surface area contributed by atoms with Gasteiger partial charge in [0.15, 0.2) is 0 Å². The number of hydrogen-bond donors (Lipinski definition) is 2. The number of hydrogen-bond acceptors (Lipinski definition) is 4. The molecule has 3 rings (SSSR count). The van der Waals surface area contributed by atoms with E-state index in [1.807, 2.05) is 36.4 Å². The SMILES string of the molecule is CCCCCCN(Cc1ccc(C#Cc2ccc(CCCC)cc2)cc1)S(=O)(=O)c1ccc(C(=O)O)c(O)c1. The Kier molecular flexibility index (Phi) is 11.2. The van der Waals surface area contributed by atoms with E-state index in [2.05, 4.69) is 37.8 Å². The van der Waals surface area contributed by atoms with Gasteiger partial charge >= 0.3 is 5.97 Å². The second kappa shape index (κ2) is 14.5. The van der Waals surface area contributed by atoms with Crippen molar-refractivity contribution in [2.24, 2.45) is 0 Å². The molecule has 0 aliphatic carbocycles. The number of unbranched alkanes of at least 4 members (excludes halogenated alkanes) is 4. The van der Waals surface area contributed by atoms with E-state index >= 15 is 0 Å². The summed E-state index contributed by atoms with van der Waals surface area (Å²) in [5.74, 6) is 4.46. The van der Waals surface area contributed by atoms with Crippen molar-refractivity contribution in [2.75, 3.05) is 6.54 Å². The summed E-state index contributed by atoms with van der Waals surface area (Å²) in [4.78, 5) is 11.1. The van der Waals surface area contributed by atoms with E-state index in [4.69, 9.17) is 5.11 Å². The Hall–Kier alpha value is -3.60. The molecule has 6 nitrogen and oxygen atoms in total. The highest BCUT2D eigenvalue weighted by atomic mass is 32.2. The minimum absolute atomic E-state index is 0.135. The zero-order valence-electron chi connectivity index (χ0n) is 22.7. The molecule has 0 heterocycles. The molecule has 0 radical (unpaired) electrons. The van der Waals surface area contributed by atoms with Crippen LogP contribution in [0.15, 0.2) is 71.6 Å². The smallest absolute Gasteiger partial charge is 0.339 e. The molecule has 39 heavy (non-hydrogen) atoms. The molecular weight excluding hydrogens is 510 g/mol. The predicted octanol–water partition coefficient (Wildman–Crippen LogP) is 6.60. The fourth-order valence-electron chi connectivity index (χ4n) is 4.18. The van der Waals surface area contributed by atoms with Crippen molar-refractivity contribution in [1.29, 1.82) is 0 Å². The van der Waals surface area contributed by atoms with Gasteiger partial charge in [0.1, 0.15) is 11.3 Å². The van der Waals surface area contributed by atoms with Gasteiger partial charge in [0.05, 0.1) is 4.90 Å². The molecule has 206 valence electrons. The lowest BCUT2D eigenvalue weighted by Gasteiger charge is -2.23. The standard InChI is InChI=1S/C32H37NO5S/c1-3-5-7-8-22-33(39(37,38)29-20-21-30(32(35)36)31(34)23-29)24-28-18-16-27(17-19-28)15-14-26-12-10-25(11-13-26)9-6-4-2/h10-13,16-21,23,34H,3-9,22,24H2,1-2H3,(H,35,36). The summed E-state index contributed by atoms with van der Waals surface area (Å²) in [6.45, 7) is 4.75. The zero-order chi connectivity index (χ0) is 28.3. The first-order chi connectivity index (χ1) is 18.7. The first-order valence-corrected chi connectivity index (χ1v) is 14.9. The van der Waals surface area contributed by atoms with Crippen molar-refractivity contribution < 1.29 is 23.4 Å². The van der Waals surface area contributed by atoms with Gasteiger partial charge in [-0.05, 0) is 66.8 Å². The van der Waals surface area contributed by atoms with Gasteiger partial charge in [-0.1, -0.05) is 75.6 Å². The molecule has 3 aromatic rings. The number of aromatic carboxylic acids is 1. The second-order valence-electron chi connectivity index (χ2n) is 9.63. The van der Waals surface area contributed by atoms with Gasteiger partial charge in [-0.2, -0.15) is 4.31 Å². The fraction of sp³-hybridized carbons (Fsp3) is 0.344. The van der Waals surface area contributed by atoms with Crippen LogP contribution in [0.25, 0.3) is 0 Å². The van der Waals surface area contributed by atoms with E-state index < -0.39 is 21.7 Å². The maximum Gasteiger partial charge on any atom is 0.339 e. The Bertz CT molecular complexity index is 1400. The number of sulfonamides is 1. The van der Waals surface area contributed by atoms with Crippen molar-refractivity contribution in [1.82, 2.24) is 4.31 Å². The largest absolute Gasteiger partial charge is 0.507 e. The maximum absolute atomic E-state index is 13.5. The van der Waals surface area contributed by atoms with Gasteiger partial charge in [0.2, 0.25) is 10.0 Å². The summed E-state index contributed by atoms with van der Waals surface area (Å²) in [6, 6.07) is 19.2. The molecule has 0 aliphatic heterocycles. The number of carboxylic acid groups (broad SMARTS) is 1. The van der Waals surface area contributed by atoms with Crippen molar-refractivity contribution in [2.45, 2.75) is 70.2 Å². The first-order valence-electron chi connectivity index (χ1n) is 13.5. The van der Waals surface area contributed by atoms with Gasteiger partial charge in [-0.25, -0.2) is 13.2 Å². The van der Waals surface area contributed by atoms with Crippen LogP contribution >= 0.6 is 0 Å². The van der Waals surface area contributed by atoms with Gasteiger partial charge in [-0.15, -0.1) is 0 Å². The van der Waals surface area contributed by atoms with Crippen molar-refractivity contribution in [3.05, 3.63) is 94.5 Å². The van der Waals surface area contributed by atoms with Crippen LogP contribution in [0.1, 0.15) is 85.0 Å². The number of benzene rings is 3.